The largest absolute Gasteiger partial charge is 0.337 e. The zero-order valence-corrected chi connectivity index (χ0v) is 18.6. The summed E-state index contributed by atoms with van der Waals surface area (Å²) in [5.41, 5.74) is 1.14. The standard InChI is InChI=1S/C23H30N2O3S/c1-22(2)11-15-12-23(3,13-22)14-24(15)21(28)18(9-10-29-4)25-19(26)16-7-5-6-8-17(16)20(25)27/h5-8,15,18H,9-14H2,1-4H3/t15-,18?,23-/m1/s1. The van der Waals surface area contributed by atoms with Crippen molar-refractivity contribution in [2.45, 2.75) is 58.5 Å². The molecule has 6 heteroatoms. The highest BCUT2D eigenvalue weighted by Crippen LogP contribution is 2.52. The predicted molar refractivity (Wildman–Crippen MR) is 115 cm³/mol. The first-order chi connectivity index (χ1) is 13.7. The van der Waals surface area contributed by atoms with Crippen LogP contribution in [0.4, 0.5) is 0 Å². The second-order valence-corrected chi connectivity index (χ2v) is 11.0. The molecule has 1 aromatic rings. The lowest BCUT2D eigenvalue weighted by Gasteiger charge is -2.39. The first-order valence-electron chi connectivity index (χ1n) is 10.4. The predicted octanol–water partition coefficient (Wildman–Crippen LogP) is 3.83. The average molecular weight is 415 g/mol. The minimum Gasteiger partial charge on any atom is -0.337 e. The van der Waals surface area contributed by atoms with E-state index in [0.717, 1.165) is 31.6 Å². The number of amides is 3. The molecule has 1 saturated carbocycles. The Balaban J connectivity index is 1.64. The summed E-state index contributed by atoms with van der Waals surface area (Å²) in [4.78, 5) is 43.1. The van der Waals surface area contributed by atoms with Crippen LogP contribution in [0.2, 0.25) is 0 Å². The third-order valence-corrected chi connectivity index (χ3v) is 7.36. The molecule has 3 atom stereocenters. The summed E-state index contributed by atoms with van der Waals surface area (Å²) in [6.45, 7) is 7.55. The van der Waals surface area contributed by atoms with Crippen LogP contribution in [0.1, 0.15) is 67.2 Å². The van der Waals surface area contributed by atoms with Gasteiger partial charge in [-0.3, -0.25) is 19.3 Å². The summed E-state index contributed by atoms with van der Waals surface area (Å²) in [6.07, 6.45) is 5.57. The van der Waals surface area contributed by atoms with Crippen LogP contribution in [-0.4, -0.2) is 58.2 Å². The Kier molecular flexibility index (Phi) is 5.04. The van der Waals surface area contributed by atoms with Crippen molar-refractivity contribution in [2.24, 2.45) is 10.8 Å². The lowest BCUT2D eigenvalue weighted by atomic mass is 9.65. The van der Waals surface area contributed by atoms with Gasteiger partial charge in [0.1, 0.15) is 6.04 Å². The normalized spacial score (nSPS) is 28.6. The fourth-order valence-corrected chi connectivity index (χ4v) is 6.45. The van der Waals surface area contributed by atoms with Gasteiger partial charge in [0.15, 0.2) is 0 Å². The van der Waals surface area contributed by atoms with E-state index in [9.17, 15) is 14.4 Å². The highest BCUT2D eigenvalue weighted by molar-refractivity contribution is 7.98. The summed E-state index contributed by atoms with van der Waals surface area (Å²) in [7, 11) is 0. The van der Waals surface area contributed by atoms with Gasteiger partial charge in [-0.05, 0) is 60.7 Å². The van der Waals surface area contributed by atoms with Gasteiger partial charge in [0.05, 0.1) is 11.1 Å². The van der Waals surface area contributed by atoms with Gasteiger partial charge in [0.2, 0.25) is 5.91 Å². The van der Waals surface area contributed by atoms with Crippen molar-refractivity contribution in [3.05, 3.63) is 35.4 Å². The Morgan fingerprint density at radius 2 is 1.76 bits per heavy atom. The molecule has 1 unspecified atom stereocenters. The molecule has 1 aliphatic carbocycles. The highest BCUT2D eigenvalue weighted by atomic mass is 32.2. The smallest absolute Gasteiger partial charge is 0.262 e. The van der Waals surface area contributed by atoms with Gasteiger partial charge in [-0.1, -0.05) is 32.9 Å². The van der Waals surface area contributed by atoms with Gasteiger partial charge >= 0.3 is 0 Å². The SMILES string of the molecule is CSCCC(C(=O)N1C[C@]2(C)C[C@H]1CC(C)(C)C2)N1C(=O)c2ccccc2C1=O. The molecule has 0 radical (unpaired) electrons. The van der Waals surface area contributed by atoms with Crippen molar-refractivity contribution in [1.82, 2.24) is 9.80 Å². The first kappa shape index (κ1) is 20.5. The van der Waals surface area contributed by atoms with Crippen LogP contribution in [0.5, 0.6) is 0 Å². The number of likely N-dealkylation sites (tertiary alicyclic amines) is 1. The number of nitrogens with zero attached hydrogens (tertiary/aromatic N) is 2. The van der Waals surface area contributed by atoms with Gasteiger partial charge < -0.3 is 4.90 Å². The van der Waals surface area contributed by atoms with E-state index in [2.05, 4.69) is 20.8 Å². The van der Waals surface area contributed by atoms with Crippen LogP contribution in [0.3, 0.4) is 0 Å². The Bertz CT molecular complexity index is 832. The summed E-state index contributed by atoms with van der Waals surface area (Å²) in [6, 6.07) is 6.36. The molecule has 0 N–H and O–H groups in total. The van der Waals surface area contributed by atoms with Crippen molar-refractivity contribution < 1.29 is 14.4 Å². The molecule has 5 nitrogen and oxygen atoms in total. The van der Waals surface area contributed by atoms with Crippen LogP contribution in [0.15, 0.2) is 24.3 Å². The summed E-state index contributed by atoms with van der Waals surface area (Å²) >= 11 is 1.63. The number of carbonyl (C=O) groups is 3. The molecular weight excluding hydrogens is 384 g/mol. The third-order valence-electron chi connectivity index (χ3n) is 6.72. The van der Waals surface area contributed by atoms with E-state index in [1.54, 1.807) is 36.0 Å². The molecule has 2 aliphatic heterocycles. The van der Waals surface area contributed by atoms with E-state index >= 15 is 0 Å². The maximum Gasteiger partial charge on any atom is 0.262 e. The number of rotatable bonds is 5. The molecule has 29 heavy (non-hydrogen) atoms. The van der Waals surface area contributed by atoms with Crippen molar-refractivity contribution in [3.8, 4) is 0 Å². The molecule has 2 bridgehead atoms. The van der Waals surface area contributed by atoms with Gasteiger partial charge in [-0.25, -0.2) is 0 Å². The fourth-order valence-electron chi connectivity index (χ4n) is 5.99. The number of imide groups is 1. The number of carbonyl (C=O) groups excluding carboxylic acids is 3. The monoisotopic (exact) mass is 414 g/mol. The van der Waals surface area contributed by atoms with E-state index in [0.29, 0.717) is 17.5 Å². The van der Waals surface area contributed by atoms with Crippen LogP contribution < -0.4 is 0 Å². The number of benzene rings is 1. The van der Waals surface area contributed by atoms with Gasteiger partial charge in [0.25, 0.3) is 11.8 Å². The van der Waals surface area contributed by atoms with Crippen molar-refractivity contribution in [1.29, 1.82) is 0 Å². The summed E-state index contributed by atoms with van der Waals surface area (Å²) < 4.78 is 0. The van der Waals surface area contributed by atoms with Crippen molar-refractivity contribution in [2.75, 3.05) is 18.6 Å². The second kappa shape index (κ2) is 7.15. The Labute approximate surface area is 177 Å². The fraction of sp³-hybridized carbons (Fsp3) is 0.609. The van der Waals surface area contributed by atoms with Crippen molar-refractivity contribution in [3.63, 3.8) is 0 Å². The molecule has 156 valence electrons. The molecule has 1 aromatic carbocycles. The Morgan fingerprint density at radius 1 is 1.14 bits per heavy atom. The highest BCUT2D eigenvalue weighted by Gasteiger charge is 2.53. The lowest BCUT2D eigenvalue weighted by molar-refractivity contribution is -0.136. The molecular formula is C23H30N2O3S. The summed E-state index contributed by atoms with van der Waals surface area (Å²) in [5, 5.41) is 0. The van der Waals surface area contributed by atoms with Gasteiger partial charge in [0, 0.05) is 12.6 Å². The molecule has 2 fully saturated rings. The van der Waals surface area contributed by atoms with Crippen LogP contribution in [0.25, 0.3) is 0 Å². The number of hydrogen-bond acceptors (Lipinski definition) is 4. The maximum absolute atomic E-state index is 13.7. The molecule has 0 spiro atoms. The molecule has 0 aromatic heterocycles. The van der Waals surface area contributed by atoms with E-state index < -0.39 is 6.04 Å². The Hall–Kier alpha value is -1.82. The maximum atomic E-state index is 13.7. The van der Waals surface area contributed by atoms with Crippen LogP contribution in [0, 0.1) is 10.8 Å². The number of hydrogen-bond donors (Lipinski definition) is 0. The quantitative estimate of drug-likeness (QED) is 0.687. The van der Waals surface area contributed by atoms with E-state index in [1.165, 1.54) is 4.90 Å². The van der Waals surface area contributed by atoms with Gasteiger partial charge in [-0.2, -0.15) is 11.8 Å². The van der Waals surface area contributed by atoms with Crippen molar-refractivity contribution >= 4 is 29.5 Å². The molecule has 4 rings (SSSR count). The zero-order valence-electron chi connectivity index (χ0n) is 17.7. The van der Waals surface area contributed by atoms with Crippen LogP contribution in [-0.2, 0) is 4.79 Å². The minimum absolute atomic E-state index is 0.0556. The zero-order chi connectivity index (χ0) is 21.0. The number of thioether (sulfide) groups is 1. The van der Waals surface area contributed by atoms with E-state index in [-0.39, 0.29) is 34.6 Å². The molecule has 3 amide bonds. The molecule has 2 heterocycles. The topological polar surface area (TPSA) is 57.7 Å². The molecule has 3 aliphatic rings. The molecule has 1 saturated heterocycles. The summed E-state index contributed by atoms with van der Waals surface area (Å²) in [5.74, 6) is 0.00273. The number of fused-ring (bicyclic) bond motifs is 3. The first-order valence-corrected chi connectivity index (χ1v) is 11.8. The lowest BCUT2D eigenvalue weighted by Crippen LogP contribution is -2.52. The van der Waals surface area contributed by atoms with E-state index in [4.69, 9.17) is 0 Å². The van der Waals surface area contributed by atoms with Gasteiger partial charge in [-0.15, -0.1) is 0 Å². The second-order valence-electron chi connectivity index (χ2n) is 10.0. The van der Waals surface area contributed by atoms with Crippen LogP contribution >= 0.6 is 11.8 Å². The van der Waals surface area contributed by atoms with E-state index in [1.807, 2.05) is 11.2 Å². The minimum atomic E-state index is -0.721. The average Bonchev–Trinajstić information content (AvgIpc) is 3.05. The Morgan fingerprint density at radius 3 is 2.34 bits per heavy atom. The third kappa shape index (κ3) is 3.49.